The predicted molar refractivity (Wildman–Crippen MR) is 73.8 cm³/mol. The average molecular weight is 271 g/mol. The Morgan fingerprint density at radius 2 is 2.16 bits per heavy atom. The Balaban J connectivity index is 2.05. The van der Waals surface area contributed by atoms with Gasteiger partial charge in [-0.1, -0.05) is 12.1 Å². The molecular weight excluding hydrogens is 258 g/mol. The van der Waals surface area contributed by atoms with Crippen molar-refractivity contribution in [3.05, 3.63) is 71.2 Å². The fourth-order valence-electron chi connectivity index (χ4n) is 2.05. The molecule has 1 N–H and O–H groups in total. The van der Waals surface area contributed by atoms with Crippen LogP contribution in [0.5, 0.6) is 0 Å². The van der Waals surface area contributed by atoms with Gasteiger partial charge in [-0.15, -0.1) is 11.3 Å². The fourth-order valence-corrected chi connectivity index (χ4v) is 2.88. The number of aromatic nitrogens is 3. The van der Waals surface area contributed by atoms with Crippen LogP contribution in [0.25, 0.3) is 0 Å². The Hall–Kier alpha value is -1.98. The smallest absolute Gasteiger partial charge is 0.158 e. The van der Waals surface area contributed by atoms with Gasteiger partial charge in [0.1, 0.15) is 0 Å². The Labute approximate surface area is 115 Å². The van der Waals surface area contributed by atoms with E-state index in [1.54, 1.807) is 18.7 Å². The summed E-state index contributed by atoms with van der Waals surface area (Å²) < 4.78 is 1.86. The lowest BCUT2D eigenvalue weighted by Crippen LogP contribution is -2.32. The number of pyridine rings is 1. The van der Waals surface area contributed by atoms with E-state index in [0.29, 0.717) is 12.2 Å². The third kappa shape index (κ3) is 2.30. The van der Waals surface area contributed by atoms with Gasteiger partial charge in [-0.2, -0.15) is 0 Å². The highest BCUT2D eigenvalue weighted by Gasteiger charge is 2.34. The van der Waals surface area contributed by atoms with E-state index in [1.807, 2.05) is 46.5 Å². The summed E-state index contributed by atoms with van der Waals surface area (Å²) in [5, 5.41) is 13.1. The molecule has 0 saturated heterocycles. The van der Waals surface area contributed by atoms with Gasteiger partial charge in [-0.25, -0.2) is 4.98 Å². The second-order valence-corrected chi connectivity index (χ2v) is 5.24. The van der Waals surface area contributed by atoms with Crippen LogP contribution in [0.1, 0.15) is 10.6 Å². The van der Waals surface area contributed by atoms with Crippen LogP contribution in [0, 0.1) is 0 Å². The van der Waals surface area contributed by atoms with Crippen LogP contribution in [0.4, 0.5) is 0 Å². The van der Waals surface area contributed by atoms with Crippen LogP contribution < -0.4 is 0 Å². The highest BCUT2D eigenvalue weighted by atomic mass is 32.1. The third-order valence-corrected chi connectivity index (χ3v) is 4.01. The SMILES string of the molecule is OC(Cn1ccnc1)(c1ccccn1)c1cccs1. The quantitative estimate of drug-likeness (QED) is 0.792. The molecule has 1 unspecified atom stereocenters. The molecule has 0 radical (unpaired) electrons. The monoisotopic (exact) mass is 271 g/mol. The first-order valence-corrected chi connectivity index (χ1v) is 6.80. The van der Waals surface area contributed by atoms with Crippen molar-refractivity contribution in [2.45, 2.75) is 12.1 Å². The summed E-state index contributed by atoms with van der Waals surface area (Å²) in [6.45, 7) is 0.393. The molecule has 0 aliphatic heterocycles. The van der Waals surface area contributed by atoms with Crippen molar-refractivity contribution in [2.24, 2.45) is 0 Å². The molecule has 0 aliphatic rings. The molecule has 3 heterocycles. The molecule has 0 aliphatic carbocycles. The van der Waals surface area contributed by atoms with Crippen molar-refractivity contribution in [3.63, 3.8) is 0 Å². The Kier molecular flexibility index (Phi) is 3.15. The lowest BCUT2D eigenvalue weighted by atomic mass is 9.96. The molecule has 96 valence electrons. The average Bonchev–Trinajstić information content (AvgIpc) is 3.12. The molecule has 0 spiro atoms. The van der Waals surface area contributed by atoms with Crippen LogP contribution >= 0.6 is 11.3 Å². The maximum atomic E-state index is 11.1. The zero-order valence-electron chi connectivity index (χ0n) is 10.2. The predicted octanol–water partition coefficient (Wildman–Crippen LogP) is 2.28. The summed E-state index contributed by atoms with van der Waals surface area (Å²) in [6.07, 6.45) is 6.93. The molecule has 0 fully saturated rings. The molecular formula is C14H13N3OS. The van der Waals surface area contributed by atoms with Crippen LogP contribution in [0.3, 0.4) is 0 Å². The third-order valence-electron chi connectivity index (χ3n) is 2.99. The maximum absolute atomic E-state index is 11.1. The van der Waals surface area contributed by atoms with Crippen LogP contribution in [0.2, 0.25) is 0 Å². The van der Waals surface area contributed by atoms with Crippen LogP contribution in [-0.4, -0.2) is 19.6 Å². The zero-order chi connectivity index (χ0) is 13.1. The normalized spacial score (nSPS) is 14.2. The lowest BCUT2D eigenvalue weighted by Gasteiger charge is -2.26. The standard InChI is InChI=1S/C14H13N3OS/c18-14(13-5-3-9-19-13,10-17-8-7-15-11-17)12-4-1-2-6-16-12/h1-9,11,18H,10H2. The van der Waals surface area contributed by atoms with Gasteiger partial charge in [-0.3, -0.25) is 4.98 Å². The number of rotatable bonds is 4. The van der Waals surface area contributed by atoms with E-state index in [2.05, 4.69) is 9.97 Å². The van der Waals surface area contributed by atoms with Gasteiger partial charge in [0.15, 0.2) is 5.60 Å². The Morgan fingerprint density at radius 3 is 2.79 bits per heavy atom. The van der Waals surface area contributed by atoms with Gasteiger partial charge >= 0.3 is 0 Å². The van der Waals surface area contributed by atoms with E-state index < -0.39 is 5.60 Å². The molecule has 4 nitrogen and oxygen atoms in total. The van der Waals surface area contributed by atoms with E-state index in [-0.39, 0.29) is 0 Å². The summed E-state index contributed by atoms with van der Waals surface area (Å²) in [5.41, 5.74) is -0.484. The van der Waals surface area contributed by atoms with E-state index in [9.17, 15) is 5.11 Å². The van der Waals surface area contributed by atoms with Crippen LogP contribution in [-0.2, 0) is 12.1 Å². The van der Waals surface area contributed by atoms with Crippen molar-refractivity contribution in [1.82, 2.24) is 14.5 Å². The summed E-state index contributed by atoms with van der Waals surface area (Å²) in [5.74, 6) is 0. The first-order valence-electron chi connectivity index (χ1n) is 5.93. The topological polar surface area (TPSA) is 50.9 Å². The number of hydrogen-bond donors (Lipinski definition) is 1. The van der Waals surface area contributed by atoms with Gasteiger partial charge in [0.05, 0.1) is 18.6 Å². The Morgan fingerprint density at radius 1 is 1.21 bits per heavy atom. The maximum Gasteiger partial charge on any atom is 0.158 e. The number of imidazole rings is 1. The van der Waals surface area contributed by atoms with Gasteiger partial charge in [0.2, 0.25) is 0 Å². The zero-order valence-corrected chi connectivity index (χ0v) is 11.0. The molecule has 19 heavy (non-hydrogen) atoms. The first kappa shape index (κ1) is 12.1. The lowest BCUT2D eigenvalue weighted by molar-refractivity contribution is 0.0604. The summed E-state index contributed by atoms with van der Waals surface area (Å²) in [6, 6.07) is 9.43. The van der Waals surface area contributed by atoms with Crippen molar-refractivity contribution in [3.8, 4) is 0 Å². The molecule has 5 heteroatoms. The van der Waals surface area contributed by atoms with Gasteiger partial charge in [0.25, 0.3) is 0 Å². The van der Waals surface area contributed by atoms with E-state index in [1.165, 1.54) is 11.3 Å². The molecule has 3 rings (SSSR count). The van der Waals surface area contributed by atoms with Gasteiger partial charge < -0.3 is 9.67 Å². The van der Waals surface area contributed by atoms with Gasteiger partial charge in [-0.05, 0) is 23.6 Å². The molecule has 0 amide bonds. The summed E-state index contributed by atoms with van der Waals surface area (Å²) in [7, 11) is 0. The minimum atomic E-state index is -1.13. The minimum Gasteiger partial charge on any atom is -0.376 e. The second kappa shape index (κ2) is 4.95. The Bertz CT molecular complexity index is 622. The summed E-state index contributed by atoms with van der Waals surface area (Å²) >= 11 is 1.52. The number of nitrogens with zero attached hydrogens (tertiary/aromatic N) is 3. The van der Waals surface area contributed by atoms with Crippen molar-refractivity contribution in [2.75, 3.05) is 0 Å². The van der Waals surface area contributed by atoms with E-state index >= 15 is 0 Å². The number of hydrogen-bond acceptors (Lipinski definition) is 4. The molecule has 3 aromatic rings. The van der Waals surface area contributed by atoms with E-state index in [4.69, 9.17) is 0 Å². The molecule has 0 aromatic carbocycles. The van der Waals surface area contributed by atoms with Crippen LogP contribution in [0.15, 0.2) is 60.6 Å². The second-order valence-electron chi connectivity index (χ2n) is 4.29. The fraction of sp³-hybridized carbons (Fsp3) is 0.143. The van der Waals surface area contributed by atoms with Crippen molar-refractivity contribution >= 4 is 11.3 Å². The van der Waals surface area contributed by atoms with E-state index in [0.717, 1.165) is 4.88 Å². The van der Waals surface area contributed by atoms with Gasteiger partial charge in [0, 0.05) is 23.5 Å². The van der Waals surface area contributed by atoms with Crippen molar-refractivity contribution < 1.29 is 5.11 Å². The first-order chi connectivity index (χ1) is 9.29. The largest absolute Gasteiger partial charge is 0.376 e. The molecule has 3 aromatic heterocycles. The minimum absolute atomic E-state index is 0.393. The molecule has 0 saturated carbocycles. The number of aliphatic hydroxyl groups is 1. The molecule has 0 bridgehead atoms. The number of thiophene rings is 1. The summed E-state index contributed by atoms with van der Waals surface area (Å²) in [4.78, 5) is 9.20. The molecule has 1 atom stereocenters. The highest BCUT2D eigenvalue weighted by Crippen LogP contribution is 2.33. The van der Waals surface area contributed by atoms with Crippen molar-refractivity contribution in [1.29, 1.82) is 0 Å². The highest BCUT2D eigenvalue weighted by molar-refractivity contribution is 7.10.